The van der Waals surface area contributed by atoms with Gasteiger partial charge in [-0.25, -0.2) is 0 Å². The van der Waals surface area contributed by atoms with Gasteiger partial charge >= 0.3 is 0 Å². The molecule has 2 rings (SSSR count). The highest BCUT2D eigenvalue weighted by Crippen LogP contribution is 2.16. The Morgan fingerprint density at radius 2 is 2.28 bits per heavy atom. The molecule has 18 heavy (non-hydrogen) atoms. The molecule has 7 heteroatoms. The summed E-state index contributed by atoms with van der Waals surface area (Å²) in [5.74, 6) is 0.737. The third-order valence-corrected chi connectivity index (χ3v) is 2.66. The third-order valence-electron chi connectivity index (χ3n) is 2.12. The van der Waals surface area contributed by atoms with E-state index in [1.807, 2.05) is 25.1 Å². The molecule has 0 atom stereocenters. The van der Waals surface area contributed by atoms with Gasteiger partial charge in [-0.15, -0.1) is 0 Å². The van der Waals surface area contributed by atoms with Crippen LogP contribution in [0.2, 0.25) is 0 Å². The number of nitrogens with zero attached hydrogens (tertiary/aromatic N) is 3. The number of aromatic nitrogens is 2. The van der Waals surface area contributed by atoms with Crippen LogP contribution in [0.15, 0.2) is 29.4 Å². The number of aldehydes is 1. The molecular weight excluding hydrogens is 252 g/mol. The van der Waals surface area contributed by atoms with Gasteiger partial charge in [-0.05, 0) is 18.6 Å². The molecule has 0 radical (unpaired) electrons. The zero-order valence-electron chi connectivity index (χ0n) is 9.53. The van der Waals surface area contributed by atoms with E-state index in [0.29, 0.717) is 12.0 Å². The van der Waals surface area contributed by atoms with Crippen LogP contribution in [0.1, 0.15) is 11.4 Å². The van der Waals surface area contributed by atoms with Crippen LogP contribution in [0.4, 0.5) is 5.13 Å². The van der Waals surface area contributed by atoms with Crippen LogP contribution >= 0.6 is 11.5 Å². The number of aryl methyl sites for hydroxylation is 1. The minimum atomic E-state index is 0.00574. The Hall–Kier alpha value is -2.28. The lowest BCUT2D eigenvalue weighted by atomic mass is 10.2. The predicted octanol–water partition coefficient (Wildman–Crippen LogP) is 1.41. The summed E-state index contributed by atoms with van der Waals surface area (Å²) in [6.07, 6.45) is 0.528. The van der Waals surface area contributed by atoms with E-state index in [9.17, 15) is 4.79 Å². The van der Waals surface area contributed by atoms with Crippen LogP contribution in [-0.2, 0) is 4.79 Å². The fourth-order valence-corrected chi connectivity index (χ4v) is 1.65. The van der Waals surface area contributed by atoms with Crippen molar-refractivity contribution in [3.05, 3.63) is 35.7 Å². The summed E-state index contributed by atoms with van der Waals surface area (Å²) < 4.78 is 3.89. The maximum Gasteiger partial charge on any atom is 0.200 e. The number of anilines is 1. The van der Waals surface area contributed by atoms with Crippen molar-refractivity contribution in [2.75, 3.05) is 5.73 Å². The van der Waals surface area contributed by atoms with Crippen LogP contribution in [0.3, 0.4) is 0 Å². The second-order valence-electron chi connectivity index (χ2n) is 3.41. The summed E-state index contributed by atoms with van der Waals surface area (Å²) in [6.45, 7) is 1.88. The first-order valence-corrected chi connectivity index (χ1v) is 5.83. The SMILES string of the molecule is Cc1ccccc1O/N=C(\C=O)c1nsc(N)n1. The minimum absolute atomic E-state index is 0.00574. The van der Waals surface area contributed by atoms with Gasteiger partial charge in [0.15, 0.2) is 28.7 Å². The molecule has 0 amide bonds. The lowest BCUT2D eigenvalue weighted by molar-refractivity contribution is -0.102. The van der Waals surface area contributed by atoms with Crippen molar-refractivity contribution in [2.24, 2.45) is 5.16 Å². The number of carbonyl (C=O) groups is 1. The van der Waals surface area contributed by atoms with Gasteiger partial charge in [0.2, 0.25) is 0 Å². The number of rotatable bonds is 4. The van der Waals surface area contributed by atoms with E-state index in [0.717, 1.165) is 17.1 Å². The molecule has 2 aromatic rings. The summed E-state index contributed by atoms with van der Waals surface area (Å²) in [7, 11) is 0. The Kier molecular flexibility index (Phi) is 3.63. The van der Waals surface area contributed by atoms with Gasteiger partial charge in [0, 0.05) is 11.5 Å². The van der Waals surface area contributed by atoms with Crippen LogP contribution in [0.25, 0.3) is 0 Å². The normalized spacial score (nSPS) is 11.3. The van der Waals surface area contributed by atoms with Crippen molar-refractivity contribution in [2.45, 2.75) is 6.92 Å². The average Bonchev–Trinajstić information content (AvgIpc) is 2.79. The van der Waals surface area contributed by atoms with E-state index < -0.39 is 0 Å². The van der Waals surface area contributed by atoms with Crippen molar-refractivity contribution >= 4 is 28.7 Å². The van der Waals surface area contributed by atoms with E-state index in [4.69, 9.17) is 10.6 Å². The Bertz CT molecular complexity index is 594. The molecule has 0 saturated carbocycles. The Balaban J connectivity index is 2.21. The first-order chi connectivity index (χ1) is 8.70. The second kappa shape index (κ2) is 5.37. The molecule has 1 aromatic carbocycles. The summed E-state index contributed by atoms with van der Waals surface area (Å²) >= 11 is 0.994. The van der Waals surface area contributed by atoms with Crippen molar-refractivity contribution < 1.29 is 9.63 Å². The van der Waals surface area contributed by atoms with Crippen LogP contribution < -0.4 is 10.6 Å². The van der Waals surface area contributed by atoms with Crippen molar-refractivity contribution in [1.29, 1.82) is 0 Å². The van der Waals surface area contributed by atoms with Gasteiger partial charge in [0.25, 0.3) is 0 Å². The number of hydrogen-bond acceptors (Lipinski definition) is 7. The standard InChI is InChI=1S/C11H10N4O2S/c1-7-4-2-3-5-9(7)17-14-8(6-16)10-13-11(12)18-15-10/h2-6H,1H3,(H2,12,13,15)/b14-8+. The molecule has 1 heterocycles. The zero-order chi connectivity index (χ0) is 13.0. The fraction of sp³-hybridized carbons (Fsp3) is 0.0909. The van der Waals surface area contributed by atoms with Crippen molar-refractivity contribution in [3.8, 4) is 5.75 Å². The van der Waals surface area contributed by atoms with E-state index in [2.05, 4.69) is 14.5 Å². The van der Waals surface area contributed by atoms with E-state index in [1.54, 1.807) is 6.07 Å². The number of nitrogen functional groups attached to an aromatic ring is 1. The number of carbonyl (C=O) groups excluding carboxylic acids is 1. The molecule has 0 saturated heterocycles. The maximum atomic E-state index is 10.9. The van der Waals surface area contributed by atoms with E-state index in [1.165, 1.54) is 0 Å². The first kappa shape index (κ1) is 12.2. The Morgan fingerprint density at radius 1 is 1.50 bits per heavy atom. The number of hydrogen-bond donors (Lipinski definition) is 1. The molecule has 0 aliphatic heterocycles. The highest BCUT2D eigenvalue weighted by molar-refractivity contribution is 7.09. The van der Waals surface area contributed by atoms with Crippen molar-refractivity contribution in [3.63, 3.8) is 0 Å². The quantitative estimate of drug-likeness (QED) is 0.511. The van der Waals surface area contributed by atoms with Gasteiger partial charge in [0.1, 0.15) is 0 Å². The van der Waals surface area contributed by atoms with Gasteiger partial charge in [-0.2, -0.15) is 9.36 Å². The smallest absolute Gasteiger partial charge is 0.200 e. The van der Waals surface area contributed by atoms with Gasteiger partial charge in [0.05, 0.1) is 0 Å². The van der Waals surface area contributed by atoms with E-state index >= 15 is 0 Å². The fourth-order valence-electron chi connectivity index (χ4n) is 1.21. The molecule has 0 unspecified atom stereocenters. The van der Waals surface area contributed by atoms with E-state index in [-0.39, 0.29) is 16.7 Å². The molecule has 92 valence electrons. The largest absolute Gasteiger partial charge is 0.374 e. The monoisotopic (exact) mass is 262 g/mol. The first-order valence-electron chi connectivity index (χ1n) is 5.06. The molecular formula is C11H10N4O2S. The second-order valence-corrected chi connectivity index (χ2v) is 4.19. The Labute approximate surface area is 107 Å². The van der Waals surface area contributed by atoms with Gasteiger partial charge in [-0.1, -0.05) is 23.4 Å². The molecule has 2 N–H and O–H groups in total. The third kappa shape index (κ3) is 2.69. The average molecular weight is 262 g/mol. The zero-order valence-corrected chi connectivity index (χ0v) is 10.3. The molecule has 0 fully saturated rings. The molecule has 6 nitrogen and oxygen atoms in total. The maximum absolute atomic E-state index is 10.9. The van der Waals surface area contributed by atoms with Gasteiger partial charge in [-0.3, -0.25) is 4.79 Å². The lowest BCUT2D eigenvalue weighted by Gasteiger charge is -2.01. The minimum Gasteiger partial charge on any atom is -0.374 e. The predicted molar refractivity (Wildman–Crippen MR) is 68.7 cm³/mol. The number of benzene rings is 1. The number of oxime groups is 1. The Morgan fingerprint density at radius 3 is 2.89 bits per heavy atom. The van der Waals surface area contributed by atoms with Crippen LogP contribution in [0.5, 0.6) is 5.75 Å². The molecule has 1 aromatic heterocycles. The van der Waals surface area contributed by atoms with Crippen LogP contribution in [-0.4, -0.2) is 21.4 Å². The van der Waals surface area contributed by atoms with Crippen LogP contribution in [0, 0.1) is 6.92 Å². The number of nitrogens with two attached hydrogens (primary N) is 1. The topological polar surface area (TPSA) is 90.5 Å². The van der Waals surface area contributed by atoms with Crippen molar-refractivity contribution in [1.82, 2.24) is 9.36 Å². The highest BCUT2D eigenvalue weighted by Gasteiger charge is 2.10. The van der Waals surface area contributed by atoms with Gasteiger partial charge < -0.3 is 10.6 Å². The summed E-state index contributed by atoms with van der Waals surface area (Å²) in [5, 5.41) is 4.01. The molecule has 0 aliphatic rings. The summed E-state index contributed by atoms with van der Waals surface area (Å²) in [4.78, 5) is 19.9. The lowest BCUT2D eigenvalue weighted by Crippen LogP contribution is -2.07. The highest BCUT2D eigenvalue weighted by atomic mass is 32.1. The molecule has 0 spiro atoms. The number of para-hydroxylation sites is 1. The summed E-state index contributed by atoms with van der Waals surface area (Å²) in [5.41, 5.74) is 6.36. The summed E-state index contributed by atoms with van der Waals surface area (Å²) in [6, 6.07) is 7.33. The molecule has 0 bridgehead atoms. The molecule has 0 aliphatic carbocycles.